The number of carbonyl (C=O) groups excluding carboxylic acids is 2. The van der Waals surface area contributed by atoms with Crippen molar-refractivity contribution in [2.45, 2.75) is 31.2 Å². The molecule has 0 saturated carbocycles. The summed E-state index contributed by atoms with van der Waals surface area (Å²) in [5.74, 6) is 0.889. The molecule has 1 unspecified atom stereocenters. The first kappa shape index (κ1) is 21.8. The highest BCUT2D eigenvalue weighted by molar-refractivity contribution is 7.89. The van der Waals surface area contributed by atoms with Crippen LogP contribution in [-0.2, 0) is 14.8 Å². The van der Waals surface area contributed by atoms with Crippen molar-refractivity contribution in [3.63, 3.8) is 0 Å². The maximum absolute atomic E-state index is 12.3. The van der Waals surface area contributed by atoms with Crippen molar-refractivity contribution in [2.75, 3.05) is 19.8 Å². The standard InChI is InChI=1S/C21H24N2O6S/c1-14(17-5-8-19-20(13-17)29-12-11-28-19)23-21(25)9-10-22-30(26,27)18-6-3-16(4-7-18)15(2)24/h3-8,13-14,22H,9-12H2,1-2H3,(H,23,25). The van der Waals surface area contributed by atoms with Crippen LogP contribution in [0.3, 0.4) is 0 Å². The van der Waals surface area contributed by atoms with Gasteiger partial charge in [0.15, 0.2) is 17.3 Å². The van der Waals surface area contributed by atoms with Crippen LogP contribution in [0.2, 0.25) is 0 Å². The van der Waals surface area contributed by atoms with Crippen molar-refractivity contribution in [1.29, 1.82) is 0 Å². The molecular formula is C21H24N2O6S. The first-order valence-corrected chi connectivity index (χ1v) is 11.0. The van der Waals surface area contributed by atoms with Crippen molar-refractivity contribution in [3.05, 3.63) is 53.6 Å². The summed E-state index contributed by atoms with van der Waals surface area (Å²) >= 11 is 0. The molecule has 0 spiro atoms. The number of hydrogen-bond donors (Lipinski definition) is 2. The molecule has 3 rings (SSSR count). The van der Waals surface area contributed by atoms with Crippen LogP contribution < -0.4 is 19.5 Å². The number of rotatable bonds is 8. The Labute approximate surface area is 175 Å². The first-order valence-electron chi connectivity index (χ1n) is 9.56. The third kappa shape index (κ3) is 5.37. The normalized spacial score (nSPS) is 14.1. The number of ketones is 1. The van der Waals surface area contributed by atoms with Crippen LogP contribution in [0.15, 0.2) is 47.4 Å². The number of benzene rings is 2. The van der Waals surface area contributed by atoms with Crippen LogP contribution in [0.5, 0.6) is 11.5 Å². The molecule has 1 aliphatic rings. The Morgan fingerprint density at radius 3 is 2.37 bits per heavy atom. The van der Waals surface area contributed by atoms with E-state index in [0.717, 1.165) is 5.56 Å². The van der Waals surface area contributed by atoms with Gasteiger partial charge in [-0.3, -0.25) is 9.59 Å². The molecule has 0 bridgehead atoms. The van der Waals surface area contributed by atoms with E-state index in [1.165, 1.54) is 31.2 Å². The largest absolute Gasteiger partial charge is 0.486 e. The second-order valence-electron chi connectivity index (χ2n) is 6.92. The van der Waals surface area contributed by atoms with Crippen LogP contribution in [0.4, 0.5) is 0 Å². The molecule has 2 N–H and O–H groups in total. The maximum atomic E-state index is 12.3. The number of sulfonamides is 1. The lowest BCUT2D eigenvalue weighted by Gasteiger charge is -2.21. The van der Waals surface area contributed by atoms with E-state index in [0.29, 0.717) is 30.3 Å². The molecule has 0 saturated heterocycles. The lowest BCUT2D eigenvalue weighted by Crippen LogP contribution is -2.32. The Morgan fingerprint density at radius 2 is 1.70 bits per heavy atom. The van der Waals surface area contributed by atoms with Crippen LogP contribution in [0, 0.1) is 0 Å². The summed E-state index contributed by atoms with van der Waals surface area (Å²) in [6.45, 7) is 4.19. The van der Waals surface area contributed by atoms with Gasteiger partial charge >= 0.3 is 0 Å². The minimum absolute atomic E-state index is 0.0142. The fraction of sp³-hybridized carbons (Fsp3) is 0.333. The smallest absolute Gasteiger partial charge is 0.240 e. The predicted molar refractivity (Wildman–Crippen MR) is 110 cm³/mol. The molecular weight excluding hydrogens is 408 g/mol. The van der Waals surface area contributed by atoms with Gasteiger partial charge < -0.3 is 14.8 Å². The van der Waals surface area contributed by atoms with Gasteiger partial charge in [-0.2, -0.15) is 0 Å². The third-order valence-corrected chi connectivity index (χ3v) is 6.14. The zero-order chi connectivity index (χ0) is 21.7. The number of nitrogens with one attached hydrogen (secondary N) is 2. The minimum atomic E-state index is -3.76. The summed E-state index contributed by atoms with van der Waals surface area (Å²) < 4.78 is 38.1. The fourth-order valence-electron chi connectivity index (χ4n) is 2.98. The number of Topliss-reactive ketones (excluding diaryl/α,β-unsaturated/α-hetero) is 1. The summed E-state index contributed by atoms with van der Waals surface area (Å²) in [5, 5.41) is 2.84. The highest BCUT2D eigenvalue weighted by Crippen LogP contribution is 2.32. The summed E-state index contributed by atoms with van der Waals surface area (Å²) in [6.07, 6.45) is -0.0142. The minimum Gasteiger partial charge on any atom is -0.486 e. The van der Waals surface area contributed by atoms with Crippen molar-refractivity contribution < 1.29 is 27.5 Å². The molecule has 1 heterocycles. The zero-order valence-corrected chi connectivity index (χ0v) is 17.6. The quantitative estimate of drug-likeness (QED) is 0.619. The molecule has 1 aliphatic heterocycles. The molecule has 160 valence electrons. The van der Waals surface area contributed by atoms with Crippen LogP contribution in [0.1, 0.15) is 42.2 Å². The van der Waals surface area contributed by atoms with E-state index in [4.69, 9.17) is 9.47 Å². The van der Waals surface area contributed by atoms with E-state index in [1.807, 2.05) is 19.1 Å². The Bertz CT molecular complexity index is 1030. The molecule has 1 amide bonds. The van der Waals surface area contributed by atoms with E-state index in [-0.39, 0.29) is 35.6 Å². The number of ether oxygens (including phenoxy) is 2. The van der Waals surface area contributed by atoms with Crippen molar-refractivity contribution in [3.8, 4) is 11.5 Å². The van der Waals surface area contributed by atoms with Crippen molar-refractivity contribution in [2.24, 2.45) is 0 Å². The van der Waals surface area contributed by atoms with Crippen molar-refractivity contribution >= 4 is 21.7 Å². The number of fused-ring (bicyclic) bond motifs is 1. The highest BCUT2D eigenvalue weighted by Gasteiger charge is 2.17. The van der Waals surface area contributed by atoms with Crippen LogP contribution in [0.25, 0.3) is 0 Å². The Hall–Kier alpha value is -2.91. The second-order valence-corrected chi connectivity index (χ2v) is 8.69. The monoisotopic (exact) mass is 432 g/mol. The Kier molecular flexibility index (Phi) is 6.73. The summed E-state index contributed by atoms with van der Waals surface area (Å²) in [6, 6.07) is 10.9. The van der Waals surface area contributed by atoms with Gasteiger partial charge in [0.05, 0.1) is 10.9 Å². The second kappa shape index (κ2) is 9.27. The lowest BCUT2D eigenvalue weighted by atomic mass is 10.1. The molecule has 1 atom stereocenters. The van der Waals surface area contributed by atoms with Crippen LogP contribution >= 0.6 is 0 Å². The lowest BCUT2D eigenvalue weighted by molar-refractivity contribution is -0.121. The van der Waals surface area contributed by atoms with Gasteiger partial charge in [0.2, 0.25) is 15.9 Å². The van der Waals surface area contributed by atoms with Gasteiger partial charge in [-0.05, 0) is 43.7 Å². The predicted octanol–water partition coefficient (Wildman–Crippen LogP) is 2.21. The molecule has 0 aliphatic carbocycles. The number of amides is 1. The average molecular weight is 432 g/mol. The molecule has 2 aromatic rings. The molecule has 2 aromatic carbocycles. The topological polar surface area (TPSA) is 111 Å². The Balaban J connectivity index is 1.51. The van der Waals surface area contributed by atoms with Gasteiger partial charge in [-0.25, -0.2) is 13.1 Å². The van der Waals surface area contributed by atoms with E-state index < -0.39 is 10.0 Å². The van der Waals surface area contributed by atoms with Gasteiger partial charge in [-0.15, -0.1) is 0 Å². The van der Waals surface area contributed by atoms with Crippen molar-refractivity contribution in [1.82, 2.24) is 10.0 Å². The van der Waals surface area contributed by atoms with Gasteiger partial charge in [-0.1, -0.05) is 18.2 Å². The first-order chi connectivity index (χ1) is 14.3. The van der Waals surface area contributed by atoms with Gasteiger partial charge in [0.25, 0.3) is 0 Å². The molecule has 0 fully saturated rings. The fourth-order valence-corrected chi connectivity index (χ4v) is 4.01. The molecule has 0 radical (unpaired) electrons. The van der Waals surface area contributed by atoms with Crippen LogP contribution in [-0.4, -0.2) is 39.9 Å². The summed E-state index contributed by atoms with van der Waals surface area (Å²) in [4.78, 5) is 23.5. The highest BCUT2D eigenvalue weighted by atomic mass is 32.2. The molecule has 9 heteroatoms. The van der Waals surface area contributed by atoms with Gasteiger partial charge in [0.1, 0.15) is 13.2 Å². The maximum Gasteiger partial charge on any atom is 0.240 e. The molecule has 30 heavy (non-hydrogen) atoms. The zero-order valence-electron chi connectivity index (χ0n) is 16.8. The van der Waals surface area contributed by atoms with E-state index >= 15 is 0 Å². The number of carbonyl (C=O) groups is 2. The van der Waals surface area contributed by atoms with E-state index in [9.17, 15) is 18.0 Å². The summed E-state index contributed by atoms with van der Waals surface area (Å²) in [5.41, 5.74) is 1.29. The van der Waals surface area contributed by atoms with E-state index in [2.05, 4.69) is 10.0 Å². The Morgan fingerprint density at radius 1 is 1.03 bits per heavy atom. The SMILES string of the molecule is CC(=O)c1ccc(S(=O)(=O)NCCC(=O)NC(C)c2ccc3c(c2)OCCO3)cc1. The van der Waals surface area contributed by atoms with Gasteiger partial charge in [0, 0.05) is 18.5 Å². The van der Waals surface area contributed by atoms with E-state index in [1.54, 1.807) is 6.07 Å². The molecule has 0 aromatic heterocycles. The average Bonchev–Trinajstić information content (AvgIpc) is 2.73. The summed E-state index contributed by atoms with van der Waals surface area (Å²) in [7, 11) is -3.76. The third-order valence-electron chi connectivity index (χ3n) is 4.66. The number of hydrogen-bond acceptors (Lipinski definition) is 6. The molecule has 8 nitrogen and oxygen atoms in total.